The van der Waals surface area contributed by atoms with Gasteiger partial charge in [0.25, 0.3) is 0 Å². The molecule has 0 spiro atoms. The summed E-state index contributed by atoms with van der Waals surface area (Å²) in [4.78, 5) is 0. The summed E-state index contributed by atoms with van der Waals surface area (Å²) in [5.41, 5.74) is 1.37. The number of nitrogens with one attached hydrogen (secondary N) is 1. The van der Waals surface area contributed by atoms with E-state index < -0.39 is 0 Å². The summed E-state index contributed by atoms with van der Waals surface area (Å²) in [7, 11) is 0. The van der Waals surface area contributed by atoms with Gasteiger partial charge in [-0.1, -0.05) is 32.6 Å². The first-order valence-corrected chi connectivity index (χ1v) is 3.51. The van der Waals surface area contributed by atoms with Crippen LogP contribution in [0.5, 0.6) is 0 Å². The lowest BCUT2D eigenvalue weighted by Gasteiger charge is -2.24. The monoisotopic (exact) mass is 139 g/mol. The van der Waals surface area contributed by atoms with Crippen molar-refractivity contribution in [2.24, 2.45) is 5.41 Å². The first-order valence-electron chi connectivity index (χ1n) is 3.51. The number of hydrogen-bond donors (Lipinski definition) is 1. The van der Waals surface area contributed by atoms with E-state index in [1.807, 2.05) is 6.92 Å². The van der Waals surface area contributed by atoms with Gasteiger partial charge in [0.05, 0.1) is 0 Å². The van der Waals surface area contributed by atoms with Gasteiger partial charge in [-0.05, 0) is 13.1 Å². The standard InChI is InChI=1S/C9H17N/c1-6-10-7-9(4,5)8(2)3/h6,10H,1-2,7H2,3-5H3. The van der Waals surface area contributed by atoms with E-state index >= 15 is 0 Å². The molecular weight excluding hydrogens is 122 g/mol. The fourth-order valence-corrected chi connectivity index (χ4v) is 0.478. The van der Waals surface area contributed by atoms with Crippen molar-refractivity contribution in [1.82, 2.24) is 5.32 Å². The predicted octanol–water partition coefficient (Wildman–Crippen LogP) is 2.32. The summed E-state index contributed by atoms with van der Waals surface area (Å²) in [5.74, 6) is 0. The quantitative estimate of drug-likeness (QED) is 0.589. The zero-order valence-corrected chi connectivity index (χ0v) is 7.20. The van der Waals surface area contributed by atoms with Crippen molar-refractivity contribution >= 4 is 0 Å². The van der Waals surface area contributed by atoms with Gasteiger partial charge in [-0.2, -0.15) is 0 Å². The molecule has 0 aliphatic rings. The third kappa shape index (κ3) is 2.72. The molecule has 0 aromatic heterocycles. The molecule has 0 aromatic rings. The van der Waals surface area contributed by atoms with E-state index in [9.17, 15) is 0 Å². The van der Waals surface area contributed by atoms with Gasteiger partial charge < -0.3 is 5.32 Å². The molecule has 0 fully saturated rings. The number of hydrogen-bond acceptors (Lipinski definition) is 1. The molecule has 0 radical (unpaired) electrons. The Morgan fingerprint density at radius 3 is 2.40 bits per heavy atom. The Bertz CT molecular complexity index is 134. The first kappa shape index (κ1) is 9.28. The lowest BCUT2D eigenvalue weighted by Crippen LogP contribution is -2.26. The molecule has 0 unspecified atom stereocenters. The average molecular weight is 139 g/mol. The van der Waals surface area contributed by atoms with E-state index in [0.717, 1.165) is 6.54 Å². The van der Waals surface area contributed by atoms with E-state index in [-0.39, 0.29) is 5.41 Å². The zero-order valence-electron chi connectivity index (χ0n) is 7.20. The molecule has 0 heterocycles. The van der Waals surface area contributed by atoms with Crippen molar-refractivity contribution in [1.29, 1.82) is 0 Å². The molecule has 0 rings (SSSR count). The topological polar surface area (TPSA) is 12.0 Å². The Labute approximate surface area is 63.8 Å². The summed E-state index contributed by atoms with van der Waals surface area (Å²) in [5, 5.41) is 3.07. The molecule has 0 aliphatic carbocycles. The smallest absolute Gasteiger partial charge is 0.0229 e. The van der Waals surface area contributed by atoms with Crippen LogP contribution in [0.4, 0.5) is 0 Å². The molecule has 1 N–H and O–H groups in total. The zero-order chi connectivity index (χ0) is 8.20. The summed E-state index contributed by atoms with van der Waals surface area (Å²) in [6.45, 7) is 14.8. The van der Waals surface area contributed by atoms with Gasteiger partial charge >= 0.3 is 0 Å². The molecule has 0 saturated heterocycles. The van der Waals surface area contributed by atoms with Crippen LogP contribution >= 0.6 is 0 Å². The fraction of sp³-hybridized carbons (Fsp3) is 0.556. The van der Waals surface area contributed by atoms with E-state index in [2.05, 4.69) is 32.3 Å². The molecule has 0 saturated carbocycles. The molecule has 58 valence electrons. The van der Waals surface area contributed by atoms with E-state index in [0.29, 0.717) is 0 Å². The largest absolute Gasteiger partial charge is 0.391 e. The lowest BCUT2D eigenvalue weighted by atomic mass is 9.86. The molecule has 0 atom stereocenters. The van der Waals surface area contributed by atoms with Crippen molar-refractivity contribution in [3.63, 3.8) is 0 Å². The molecule has 1 heteroatoms. The van der Waals surface area contributed by atoms with E-state index in [1.54, 1.807) is 6.20 Å². The number of rotatable bonds is 4. The van der Waals surface area contributed by atoms with Crippen LogP contribution in [0.3, 0.4) is 0 Å². The Kier molecular flexibility index (Phi) is 3.20. The van der Waals surface area contributed by atoms with Crippen LogP contribution in [0.15, 0.2) is 24.9 Å². The molecule has 0 aliphatic heterocycles. The van der Waals surface area contributed by atoms with Crippen molar-refractivity contribution in [3.8, 4) is 0 Å². The predicted molar refractivity (Wildman–Crippen MR) is 46.8 cm³/mol. The van der Waals surface area contributed by atoms with Crippen LogP contribution in [-0.2, 0) is 0 Å². The van der Waals surface area contributed by atoms with Gasteiger partial charge in [-0.15, -0.1) is 0 Å². The van der Waals surface area contributed by atoms with Crippen molar-refractivity contribution in [2.75, 3.05) is 6.54 Å². The van der Waals surface area contributed by atoms with Crippen LogP contribution in [0.1, 0.15) is 20.8 Å². The second-order valence-electron chi connectivity index (χ2n) is 3.25. The van der Waals surface area contributed by atoms with Crippen LogP contribution in [0.2, 0.25) is 0 Å². The van der Waals surface area contributed by atoms with Gasteiger partial charge in [-0.25, -0.2) is 0 Å². The van der Waals surface area contributed by atoms with Crippen LogP contribution < -0.4 is 5.32 Å². The summed E-state index contributed by atoms with van der Waals surface area (Å²) < 4.78 is 0. The summed E-state index contributed by atoms with van der Waals surface area (Å²) in [6, 6.07) is 0. The van der Waals surface area contributed by atoms with Crippen LogP contribution in [0, 0.1) is 5.41 Å². The third-order valence-electron chi connectivity index (χ3n) is 1.84. The van der Waals surface area contributed by atoms with Crippen LogP contribution in [-0.4, -0.2) is 6.54 Å². The fourth-order valence-electron chi connectivity index (χ4n) is 0.478. The van der Waals surface area contributed by atoms with Crippen molar-refractivity contribution in [3.05, 3.63) is 24.9 Å². The molecule has 0 amide bonds. The minimum absolute atomic E-state index is 0.175. The molecule has 1 nitrogen and oxygen atoms in total. The van der Waals surface area contributed by atoms with Crippen molar-refractivity contribution < 1.29 is 0 Å². The molecule has 0 aromatic carbocycles. The SMILES string of the molecule is C=CNCC(C)(C)C(=C)C. The Hall–Kier alpha value is -0.720. The average Bonchev–Trinajstić information content (AvgIpc) is 1.84. The Morgan fingerprint density at radius 2 is 2.10 bits per heavy atom. The van der Waals surface area contributed by atoms with Gasteiger partial charge in [-0.3, -0.25) is 0 Å². The molecule has 10 heavy (non-hydrogen) atoms. The summed E-state index contributed by atoms with van der Waals surface area (Å²) >= 11 is 0. The second kappa shape index (κ2) is 3.45. The van der Waals surface area contributed by atoms with Gasteiger partial charge in [0, 0.05) is 12.0 Å². The molecule has 0 bridgehead atoms. The van der Waals surface area contributed by atoms with Gasteiger partial charge in [0.2, 0.25) is 0 Å². The molecular formula is C9H17N. The highest BCUT2D eigenvalue weighted by Gasteiger charge is 2.16. The maximum atomic E-state index is 3.91. The van der Waals surface area contributed by atoms with Crippen molar-refractivity contribution in [2.45, 2.75) is 20.8 Å². The highest BCUT2D eigenvalue weighted by molar-refractivity contribution is 5.04. The Morgan fingerprint density at radius 1 is 1.60 bits per heavy atom. The minimum Gasteiger partial charge on any atom is -0.391 e. The Balaban J connectivity index is 3.86. The third-order valence-corrected chi connectivity index (χ3v) is 1.84. The van der Waals surface area contributed by atoms with Gasteiger partial charge in [0.15, 0.2) is 0 Å². The van der Waals surface area contributed by atoms with Crippen LogP contribution in [0.25, 0.3) is 0 Å². The minimum atomic E-state index is 0.175. The second-order valence-corrected chi connectivity index (χ2v) is 3.25. The normalized spacial score (nSPS) is 10.7. The van der Waals surface area contributed by atoms with E-state index in [1.165, 1.54) is 5.57 Å². The highest BCUT2D eigenvalue weighted by Crippen LogP contribution is 2.22. The maximum absolute atomic E-state index is 3.91. The highest BCUT2D eigenvalue weighted by atomic mass is 14.8. The first-order chi connectivity index (χ1) is 4.50. The van der Waals surface area contributed by atoms with Gasteiger partial charge in [0.1, 0.15) is 0 Å². The lowest BCUT2D eigenvalue weighted by molar-refractivity contribution is 0.434. The van der Waals surface area contributed by atoms with E-state index in [4.69, 9.17) is 0 Å². The maximum Gasteiger partial charge on any atom is 0.0229 e. The summed E-state index contributed by atoms with van der Waals surface area (Å²) in [6.07, 6.45) is 1.71.